The van der Waals surface area contributed by atoms with Gasteiger partial charge in [0.25, 0.3) is 0 Å². The molecule has 22 heavy (non-hydrogen) atoms. The molecule has 7 heteroatoms. The first-order valence-electron chi connectivity index (χ1n) is 7.86. The summed E-state index contributed by atoms with van der Waals surface area (Å²) < 4.78 is 23.8. The highest BCUT2D eigenvalue weighted by atomic mass is 32.2. The number of hydrogen-bond acceptors (Lipinski definition) is 7. The Morgan fingerprint density at radius 1 is 1.00 bits per heavy atom. The summed E-state index contributed by atoms with van der Waals surface area (Å²) in [5.41, 5.74) is 0. The van der Waals surface area contributed by atoms with Crippen LogP contribution in [0.3, 0.4) is 0 Å². The number of hydrogen-bond donors (Lipinski definition) is 1. The summed E-state index contributed by atoms with van der Waals surface area (Å²) in [4.78, 5) is 0. The third-order valence-electron chi connectivity index (χ3n) is 4.03. The van der Waals surface area contributed by atoms with E-state index in [0.717, 1.165) is 11.5 Å². The molecule has 0 saturated carbocycles. The Morgan fingerprint density at radius 3 is 2.27 bits per heavy atom. The summed E-state index contributed by atoms with van der Waals surface area (Å²) in [5.74, 6) is 0.946. The van der Waals surface area contributed by atoms with Gasteiger partial charge in [0, 0.05) is 0 Å². The Bertz CT molecular complexity index is 397. The van der Waals surface area contributed by atoms with Gasteiger partial charge in [-0.2, -0.15) is 0 Å². The van der Waals surface area contributed by atoms with E-state index in [2.05, 4.69) is 0 Å². The smallest absolute Gasteiger partial charge is 0.163 e. The van der Waals surface area contributed by atoms with Gasteiger partial charge in [-0.25, -0.2) is 0 Å². The van der Waals surface area contributed by atoms with Crippen LogP contribution in [0.1, 0.15) is 34.1 Å². The van der Waals surface area contributed by atoms with Gasteiger partial charge in [0.1, 0.15) is 24.4 Å². The minimum Gasteiger partial charge on any atom is -0.387 e. The standard InChI is InChI=1S/C15H26O5S2/c1-14(2)17-8-9(18-14)10(16)11-12(20-15(3,4)19-11)13-21-6-5-7-22-13/h9-13,16H,5-8H2,1-4H3/t9-,10+,11+,12+/m1/s1. The minimum absolute atomic E-state index is 0.132. The summed E-state index contributed by atoms with van der Waals surface area (Å²) in [7, 11) is 0. The van der Waals surface area contributed by atoms with E-state index >= 15 is 0 Å². The van der Waals surface area contributed by atoms with Gasteiger partial charge in [-0.3, -0.25) is 0 Å². The van der Waals surface area contributed by atoms with Crippen LogP contribution < -0.4 is 0 Å². The molecule has 3 fully saturated rings. The van der Waals surface area contributed by atoms with Gasteiger partial charge in [-0.1, -0.05) is 0 Å². The molecule has 5 nitrogen and oxygen atoms in total. The molecule has 128 valence electrons. The van der Waals surface area contributed by atoms with E-state index < -0.39 is 17.7 Å². The Balaban J connectivity index is 1.71. The van der Waals surface area contributed by atoms with Gasteiger partial charge >= 0.3 is 0 Å². The molecule has 3 aliphatic rings. The van der Waals surface area contributed by atoms with E-state index in [1.807, 2.05) is 51.2 Å². The topological polar surface area (TPSA) is 57.2 Å². The van der Waals surface area contributed by atoms with Crippen molar-refractivity contribution in [2.45, 2.75) is 74.7 Å². The second kappa shape index (κ2) is 6.43. The minimum atomic E-state index is -0.753. The third-order valence-corrected chi connectivity index (χ3v) is 7.09. The molecule has 0 aromatic carbocycles. The Labute approximate surface area is 140 Å². The molecule has 0 spiro atoms. The summed E-state index contributed by atoms with van der Waals surface area (Å²) in [6, 6.07) is 0. The lowest BCUT2D eigenvalue weighted by Gasteiger charge is -2.32. The van der Waals surface area contributed by atoms with Crippen LogP contribution in [0.5, 0.6) is 0 Å². The highest BCUT2D eigenvalue weighted by Crippen LogP contribution is 2.43. The van der Waals surface area contributed by atoms with Crippen LogP contribution >= 0.6 is 23.5 Å². The van der Waals surface area contributed by atoms with Crippen molar-refractivity contribution in [2.24, 2.45) is 0 Å². The second-order valence-corrected chi connectivity index (χ2v) is 9.68. The molecule has 4 atom stereocenters. The molecule has 3 rings (SSSR count). The molecule has 0 bridgehead atoms. The molecule has 3 heterocycles. The van der Waals surface area contributed by atoms with Crippen molar-refractivity contribution in [3.05, 3.63) is 0 Å². The largest absolute Gasteiger partial charge is 0.387 e. The molecule has 0 aromatic rings. The number of aliphatic hydroxyl groups is 1. The lowest BCUT2D eigenvalue weighted by Crippen LogP contribution is -2.47. The van der Waals surface area contributed by atoms with Gasteiger partial charge in [0.15, 0.2) is 11.6 Å². The van der Waals surface area contributed by atoms with Crippen LogP contribution in [0.4, 0.5) is 0 Å². The molecular weight excluding hydrogens is 324 g/mol. The fourth-order valence-electron chi connectivity index (χ4n) is 3.08. The predicted octanol–water partition coefficient (Wildman–Crippen LogP) is 2.22. The van der Waals surface area contributed by atoms with Gasteiger partial charge in [-0.15, -0.1) is 23.5 Å². The van der Waals surface area contributed by atoms with E-state index in [1.54, 1.807) is 0 Å². The second-order valence-electron chi connectivity index (χ2n) is 6.89. The first kappa shape index (κ1) is 17.3. The van der Waals surface area contributed by atoms with Crippen molar-refractivity contribution in [1.29, 1.82) is 0 Å². The van der Waals surface area contributed by atoms with E-state index in [9.17, 15) is 5.11 Å². The normalized spacial score (nSPS) is 40.0. The lowest BCUT2D eigenvalue weighted by atomic mass is 10.0. The van der Waals surface area contributed by atoms with Crippen molar-refractivity contribution >= 4 is 23.5 Å². The highest BCUT2D eigenvalue weighted by Gasteiger charge is 2.52. The summed E-state index contributed by atoms with van der Waals surface area (Å²) in [6.45, 7) is 7.91. The van der Waals surface area contributed by atoms with E-state index in [0.29, 0.717) is 11.2 Å². The maximum atomic E-state index is 10.8. The maximum absolute atomic E-state index is 10.8. The van der Waals surface area contributed by atoms with E-state index in [4.69, 9.17) is 18.9 Å². The van der Waals surface area contributed by atoms with Crippen molar-refractivity contribution in [1.82, 2.24) is 0 Å². The van der Waals surface area contributed by atoms with Crippen LogP contribution in [-0.4, -0.2) is 63.8 Å². The van der Waals surface area contributed by atoms with Crippen molar-refractivity contribution in [2.75, 3.05) is 18.1 Å². The Kier molecular flexibility index (Phi) is 5.06. The zero-order chi connectivity index (χ0) is 16.0. The third kappa shape index (κ3) is 3.77. The first-order valence-corrected chi connectivity index (χ1v) is 9.96. The average Bonchev–Trinajstić information content (AvgIpc) is 2.98. The monoisotopic (exact) mass is 350 g/mol. The Morgan fingerprint density at radius 2 is 1.68 bits per heavy atom. The fraction of sp³-hybridized carbons (Fsp3) is 1.00. The van der Waals surface area contributed by atoms with Crippen molar-refractivity contribution in [3.8, 4) is 0 Å². The molecule has 3 aliphatic heterocycles. The van der Waals surface area contributed by atoms with Crippen LogP contribution in [0.25, 0.3) is 0 Å². The number of ether oxygens (including phenoxy) is 4. The number of aliphatic hydroxyl groups excluding tert-OH is 1. The van der Waals surface area contributed by atoms with Gasteiger partial charge < -0.3 is 24.1 Å². The zero-order valence-corrected chi connectivity index (χ0v) is 15.2. The Hall–Kier alpha value is 0.500. The van der Waals surface area contributed by atoms with Gasteiger partial charge in [0.05, 0.1) is 11.2 Å². The maximum Gasteiger partial charge on any atom is 0.163 e. The van der Waals surface area contributed by atoms with Crippen LogP contribution in [0.15, 0.2) is 0 Å². The van der Waals surface area contributed by atoms with Crippen LogP contribution in [-0.2, 0) is 18.9 Å². The quantitative estimate of drug-likeness (QED) is 0.837. The predicted molar refractivity (Wildman–Crippen MR) is 88.1 cm³/mol. The number of thioether (sulfide) groups is 2. The van der Waals surface area contributed by atoms with Gasteiger partial charge in [-0.05, 0) is 45.6 Å². The van der Waals surface area contributed by atoms with E-state index in [1.165, 1.54) is 6.42 Å². The van der Waals surface area contributed by atoms with E-state index in [-0.39, 0.29) is 18.3 Å². The molecule has 0 aliphatic carbocycles. The SMILES string of the molecule is CC1(C)O[C@@H]([C@@H](O)[C@H]2COC(C)(C)O2)[C@@H](C2SCCCS2)O1. The fourth-order valence-corrected chi connectivity index (χ4v) is 6.11. The molecular formula is C15H26O5S2. The molecule has 0 radical (unpaired) electrons. The van der Waals surface area contributed by atoms with Crippen LogP contribution in [0.2, 0.25) is 0 Å². The van der Waals surface area contributed by atoms with Crippen LogP contribution in [0, 0.1) is 0 Å². The molecule has 3 saturated heterocycles. The van der Waals surface area contributed by atoms with Crippen molar-refractivity contribution < 1.29 is 24.1 Å². The zero-order valence-electron chi connectivity index (χ0n) is 13.6. The van der Waals surface area contributed by atoms with Gasteiger partial charge in [0.2, 0.25) is 0 Å². The molecule has 1 N–H and O–H groups in total. The summed E-state index contributed by atoms with van der Waals surface area (Å²) >= 11 is 3.80. The first-order chi connectivity index (χ1) is 10.3. The molecule has 0 amide bonds. The number of rotatable bonds is 3. The summed E-state index contributed by atoms with van der Waals surface area (Å²) in [5, 5.41) is 10.8. The van der Waals surface area contributed by atoms with Crippen molar-refractivity contribution in [3.63, 3.8) is 0 Å². The highest BCUT2D eigenvalue weighted by molar-refractivity contribution is 8.17. The molecule has 0 unspecified atom stereocenters. The summed E-state index contributed by atoms with van der Waals surface area (Å²) in [6.07, 6.45) is -0.424. The lowest BCUT2D eigenvalue weighted by molar-refractivity contribution is -0.178. The molecule has 0 aromatic heterocycles. The average molecular weight is 351 g/mol.